The number of H-pyrrole nitrogens is 1. The Labute approximate surface area is 210 Å². The Kier molecular flexibility index (Phi) is 6.78. The van der Waals surface area contributed by atoms with Crippen LogP contribution in [0.5, 0.6) is 11.5 Å². The normalized spacial score (nSPS) is 11.0. The number of hydrogen-bond donors (Lipinski definition) is 1. The number of hydrogen-bond acceptors (Lipinski definition) is 7. The number of ether oxygens (including phenoxy) is 1. The molecule has 0 aliphatic rings. The number of nitriles is 2. The Morgan fingerprint density at radius 2 is 1.81 bits per heavy atom. The number of rotatable bonds is 5. The zero-order valence-electron chi connectivity index (χ0n) is 18.4. The van der Waals surface area contributed by atoms with Crippen LogP contribution in [0.25, 0.3) is 11.1 Å². The molecule has 0 bridgehead atoms. The van der Waals surface area contributed by atoms with Crippen LogP contribution in [0.1, 0.15) is 22.5 Å². The lowest BCUT2D eigenvalue weighted by molar-refractivity contribution is -0.142. The summed E-state index contributed by atoms with van der Waals surface area (Å²) in [4.78, 5) is 28.7. The van der Waals surface area contributed by atoms with Gasteiger partial charge >= 0.3 is 6.18 Å². The lowest BCUT2D eigenvalue weighted by Crippen LogP contribution is -2.27. The molecule has 1 N–H and O–H groups in total. The molecule has 0 radical (unpaired) electrons. The number of halogens is 4. The highest BCUT2D eigenvalue weighted by molar-refractivity contribution is 6.30. The highest BCUT2D eigenvalue weighted by Crippen LogP contribution is 2.35. The predicted molar refractivity (Wildman–Crippen MR) is 124 cm³/mol. The minimum absolute atomic E-state index is 0.00529. The van der Waals surface area contributed by atoms with Gasteiger partial charge in [-0.2, -0.15) is 28.8 Å². The van der Waals surface area contributed by atoms with E-state index in [-0.39, 0.29) is 34.1 Å². The fraction of sp³-hybridized carbons (Fsp3) is 0.0833. The van der Waals surface area contributed by atoms with Crippen LogP contribution in [-0.2, 0) is 12.7 Å². The van der Waals surface area contributed by atoms with Crippen molar-refractivity contribution in [2.45, 2.75) is 12.7 Å². The van der Waals surface area contributed by atoms with Gasteiger partial charge in [0.25, 0.3) is 11.1 Å². The lowest BCUT2D eigenvalue weighted by atomic mass is 10.0. The number of nitrogens with zero attached hydrogens (tertiary/aromatic N) is 5. The zero-order valence-corrected chi connectivity index (χ0v) is 19.1. The molecule has 0 fully saturated rings. The van der Waals surface area contributed by atoms with Gasteiger partial charge in [-0.1, -0.05) is 23.7 Å². The molecule has 4 aromatic rings. The van der Waals surface area contributed by atoms with Gasteiger partial charge < -0.3 is 4.74 Å². The molecule has 2 aromatic carbocycles. The summed E-state index contributed by atoms with van der Waals surface area (Å²) < 4.78 is 46.9. The quantitative estimate of drug-likeness (QED) is 0.412. The maximum Gasteiger partial charge on any atom is 0.437 e. The van der Waals surface area contributed by atoms with Crippen molar-refractivity contribution in [3.63, 3.8) is 0 Å². The molecule has 0 aliphatic heterocycles. The van der Waals surface area contributed by atoms with Gasteiger partial charge in [-0.3, -0.25) is 14.2 Å². The van der Waals surface area contributed by atoms with Crippen LogP contribution in [0, 0.1) is 22.7 Å². The molecule has 2 heterocycles. The Hall–Kier alpha value is -4.94. The van der Waals surface area contributed by atoms with Crippen molar-refractivity contribution < 1.29 is 17.9 Å². The SMILES string of the molecule is N#Cc1cc(Cl)cc(Oc2c(C(F)(F)F)ncn(Cc3cc(-c4cccc(C#N)c4)c(=O)[nH]n3)c2=O)c1. The summed E-state index contributed by atoms with van der Waals surface area (Å²) in [5, 5.41) is 24.3. The third kappa shape index (κ3) is 5.50. The molecule has 4 rings (SSSR count). The largest absolute Gasteiger partial charge is 0.449 e. The third-order valence-corrected chi connectivity index (χ3v) is 5.20. The van der Waals surface area contributed by atoms with Crippen molar-refractivity contribution in [3.05, 3.63) is 103 Å². The second-order valence-corrected chi connectivity index (χ2v) is 7.97. The minimum atomic E-state index is -5.03. The van der Waals surface area contributed by atoms with Crippen molar-refractivity contribution >= 4 is 11.6 Å². The van der Waals surface area contributed by atoms with Crippen LogP contribution < -0.4 is 15.9 Å². The molecule has 0 spiro atoms. The van der Waals surface area contributed by atoms with Crippen molar-refractivity contribution in [3.8, 4) is 34.8 Å². The molecule has 0 atom stereocenters. The summed E-state index contributed by atoms with van der Waals surface area (Å²) in [7, 11) is 0. The van der Waals surface area contributed by atoms with Gasteiger partial charge in [0, 0.05) is 5.02 Å². The zero-order chi connectivity index (χ0) is 26.7. The first-order chi connectivity index (χ1) is 17.6. The van der Waals surface area contributed by atoms with Crippen LogP contribution in [0.4, 0.5) is 13.2 Å². The number of benzene rings is 2. The number of aromatic amines is 1. The number of nitrogens with one attached hydrogen (secondary N) is 1. The average Bonchev–Trinajstić information content (AvgIpc) is 2.86. The summed E-state index contributed by atoms with van der Waals surface area (Å²) in [6, 6.07) is 14.8. The molecular formula is C24H12ClF3N6O3. The summed E-state index contributed by atoms with van der Waals surface area (Å²) in [5.74, 6) is -1.40. The van der Waals surface area contributed by atoms with Gasteiger partial charge in [0.15, 0.2) is 5.69 Å². The van der Waals surface area contributed by atoms with E-state index in [0.29, 0.717) is 17.5 Å². The Morgan fingerprint density at radius 3 is 2.51 bits per heavy atom. The summed E-state index contributed by atoms with van der Waals surface area (Å²) in [5.41, 5.74) is -2.38. The van der Waals surface area contributed by atoms with Gasteiger partial charge in [0.2, 0.25) is 5.75 Å². The van der Waals surface area contributed by atoms with Crippen LogP contribution in [0.3, 0.4) is 0 Å². The predicted octanol–water partition coefficient (Wildman–Crippen LogP) is 4.25. The molecule has 184 valence electrons. The second-order valence-electron chi connectivity index (χ2n) is 7.54. The summed E-state index contributed by atoms with van der Waals surface area (Å²) in [6.45, 7) is -0.374. The monoisotopic (exact) mass is 524 g/mol. The van der Waals surface area contributed by atoms with Crippen molar-refractivity contribution in [2.24, 2.45) is 0 Å². The third-order valence-electron chi connectivity index (χ3n) is 4.98. The van der Waals surface area contributed by atoms with E-state index in [0.717, 1.165) is 16.7 Å². The Bertz CT molecular complexity index is 1720. The molecule has 0 amide bonds. The average molecular weight is 525 g/mol. The van der Waals surface area contributed by atoms with Gasteiger partial charge in [-0.15, -0.1) is 0 Å². The van der Waals surface area contributed by atoms with E-state index in [9.17, 15) is 22.8 Å². The molecule has 0 aliphatic carbocycles. The fourth-order valence-electron chi connectivity index (χ4n) is 3.35. The van der Waals surface area contributed by atoms with E-state index in [1.54, 1.807) is 24.3 Å². The van der Waals surface area contributed by atoms with E-state index < -0.39 is 28.7 Å². The Balaban J connectivity index is 1.77. The summed E-state index contributed by atoms with van der Waals surface area (Å²) in [6.07, 6.45) is -4.35. The molecule has 37 heavy (non-hydrogen) atoms. The van der Waals surface area contributed by atoms with Crippen molar-refractivity contribution in [1.29, 1.82) is 10.5 Å². The molecule has 0 saturated heterocycles. The maximum atomic E-state index is 13.6. The molecular weight excluding hydrogens is 513 g/mol. The van der Waals surface area contributed by atoms with E-state index in [1.165, 1.54) is 18.2 Å². The second kappa shape index (κ2) is 9.97. The van der Waals surface area contributed by atoms with E-state index in [2.05, 4.69) is 15.2 Å². The molecule has 0 unspecified atom stereocenters. The van der Waals surface area contributed by atoms with E-state index in [1.807, 2.05) is 6.07 Å². The summed E-state index contributed by atoms with van der Waals surface area (Å²) >= 11 is 5.89. The van der Waals surface area contributed by atoms with Gasteiger partial charge in [0.05, 0.1) is 47.4 Å². The maximum absolute atomic E-state index is 13.6. The van der Waals surface area contributed by atoms with Gasteiger partial charge in [-0.05, 0) is 42.0 Å². The molecule has 0 saturated carbocycles. The van der Waals surface area contributed by atoms with Crippen LogP contribution in [0.15, 0.2) is 64.4 Å². The van der Waals surface area contributed by atoms with Crippen molar-refractivity contribution in [2.75, 3.05) is 0 Å². The van der Waals surface area contributed by atoms with Crippen molar-refractivity contribution in [1.82, 2.24) is 19.7 Å². The number of alkyl halides is 3. The molecule has 2 aromatic heterocycles. The standard InChI is InChI=1S/C24H12ClF3N6O3/c25-16-5-14(10-30)6-18(7-16)37-20-21(24(26,27)28)31-12-34(23(20)36)11-17-8-19(22(35)33-32-17)15-3-1-2-13(4-15)9-29/h1-8,12H,11H2,(H,33,35). The van der Waals surface area contributed by atoms with E-state index in [4.69, 9.17) is 26.9 Å². The minimum Gasteiger partial charge on any atom is -0.449 e. The lowest BCUT2D eigenvalue weighted by Gasteiger charge is -2.15. The smallest absolute Gasteiger partial charge is 0.437 e. The first-order valence-corrected chi connectivity index (χ1v) is 10.6. The topological polar surface area (TPSA) is 137 Å². The first kappa shape index (κ1) is 25.2. The van der Waals surface area contributed by atoms with Crippen LogP contribution in [0.2, 0.25) is 5.02 Å². The number of aromatic nitrogens is 4. The fourth-order valence-corrected chi connectivity index (χ4v) is 3.58. The molecule has 9 nitrogen and oxygen atoms in total. The van der Waals surface area contributed by atoms with Gasteiger partial charge in [-0.25, -0.2) is 10.1 Å². The van der Waals surface area contributed by atoms with Crippen LogP contribution in [-0.4, -0.2) is 19.7 Å². The van der Waals surface area contributed by atoms with Crippen LogP contribution >= 0.6 is 11.6 Å². The van der Waals surface area contributed by atoms with E-state index >= 15 is 0 Å². The van der Waals surface area contributed by atoms with Gasteiger partial charge in [0.1, 0.15) is 5.75 Å². The Morgan fingerprint density at radius 1 is 1.05 bits per heavy atom. The first-order valence-electron chi connectivity index (χ1n) is 10.2. The highest BCUT2D eigenvalue weighted by Gasteiger charge is 2.38. The molecule has 13 heteroatoms. The highest BCUT2D eigenvalue weighted by atomic mass is 35.5.